The molecule has 98 valence electrons. The van der Waals surface area contributed by atoms with Crippen molar-refractivity contribution in [3.05, 3.63) is 36.0 Å². The predicted molar refractivity (Wildman–Crippen MR) is 73.6 cm³/mol. The molecule has 0 radical (unpaired) electrons. The van der Waals surface area contributed by atoms with Crippen LogP contribution in [0.15, 0.2) is 36.0 Å². The van der Waals surface area contributed by atoms with Crippen LogP contribution < -0.4 is 15.8 Å². The lowest BCUT2D eigenvalue weighted by atomic mass is 10.0. The maximum Gasteiger partial charge on any atom is 0.164 e. The van der Waals surface area contributed by atoms with E-state index in [1.165, 1.54) is 0 Å². The van der Waals surface area contributed by atoms with Crippen molar-refractivity contribution in [3.63, 3.8) is 0 Å². The van der Waals surface area contributed by atoms with Gasteiger partial charge in [0, 0.05) is 24.2 Å². The first-order valence-corrected chi connectivity index (χ1v) is 5.93. The molecule has 0 aliphatic carbocycles. The number of carbonyl (C=O) groups excluding carboxylic acids is 1. The highest BCUT2D eigenvalue weighted by atomic mass is 16.5. The highest BCUT2D eigenvalue weighted by Crippen LogP contribution is 2.23. The van der Waals surface area contributed by atoms with Crippen LogP contribution in [-0.2, 0) is 4.79 Å². The van der Waals surface area contributed by atoms with Crippen molar-refractivity contribution in [2.75, 3.05) is 19.0 Å². The molecule has 1 aromatic carbocycles. The molecule has 4 heteroatoms. The summed E-state index contributed by atoms with van der Waals surface area (Å²) in [4.78, 5) is 11.8. The van der Waals surface area contributed by atoms with Crippen LogP contribution in [0.1, 0.15) is 13.8 Å². The molecular formula is C14H20N2O2. The molecular weight excluding hydrogens is 228 g/mol. The molecule has 0 fully saturated rings. The predicted octanol–water partition coefficient (Wildman–Crippen LogP) is 2.17. The van der Waals surface area contributed by atoms with Gasteiger partial charge in [0.25, 0.3) is 0 Å². The van der Waals surface area contributed by atoms with Gasteiger partial charge in [0.05, 0.1) is 12.8 Å². The first-order chi connectivity index (χ1) is 8.60. The maximum absolute atomic E-state index is 11.8. The Morgan fingerprint density at radius 2 is 2.11 bits per heavy atom. The van der Waals surface area contributed by atoms with Gasteiger partial charge in [-0.05, 0) is 12.1 Å². The van der Waals surface area contributed by atoms with Crippen LogP contribution in [0.5, 0.6) is 5.75 Å². The molecule has 1 rings (SSSR count). The van der Waals surface area contributed by atoms with Crippen molar-refractivity contribution in [1.82, 2.24) is 0 Å². The van der Waals surface area contributed by atoms with Crippen LogP contribution in [0.3, 0.4) is 0 Å². The van der Waals surface area contributed by atoms with Gasteiger partial charge in [-0.25, -0.2) is 0 Å². The van der Waals surface area contributed by atoms with Crippen LogP contribution in [0, 0.1) is 5.92 Å². The lowest BCUT2D eigenvalue weighted by molar-refractivity contribution is -0.118. The second-order valence-electron chi connectivity index (χ2n) is 4.24. The average molecular weight is 248 g/mol. The van der Waals surface area contributed by atoms with E-state index in [-0.39, 0.29) is 18.2 Å². The quantitative estimate of drug-likeness (QED) is 0.757. The number of methoxy groups -OCH3 is 1. The summed E-state index contributed by atoms with van der Waals surface area (Å²) in [5.74, 6) is 0.723. The molecule has 0 spiro atoms. The lowest BCUT2D eigenvalue weighted by Gasteiger charge is -2.10. The fourth-order valence-corrected chi connectivity index (χ4v) is 1.53. The van der Waals surface area contributed by atoms with Crippen LogP contribution in [0.25, 0.3) is 0 Å². The number of ether oxygens (including phenoxy) is 1. The number of nitrogens with two attached hydrogens (primary N) is 1. The van der Waals surface area contributed by atoms with E-state index in [1.54, 1.807) is 13.3 Å². The van der Waals surface area contributed by atoms with E-state index in [2.05, 4.69) is 5.32 Å². The van der Waals surface area contributed by atoms with Gasteiger partial charge in [-0.15, -0.1) is 0 Å². The van der Waals surface area contributed by atoms with Crippen LogP contribution in [0.4, 0.5) is 5.69 Å². The normalized spacial score (nSPS) is 11.5. The smallest absolute Gasteiger partial charge is 0.164 e. The van der Waals surface area contributed by atoms with Crippen LogP contribution >= 0.6 is 0 Å². The Morgan fingerprint density at radius 1 is 1.44 bits per heavy atom. The first-order valence-electron chi connectivity index (χ1n) is 5.93. The second kappa shape index (κ2) is 6.81. The highest BCUT2D eigenvalue weighted by molar-refractivity contribution is 5.97. The number of hydrogen-bond donors (Lipinski definition) is 2. The number of anilines is 1. The summed E-state index contributed by atoms with van der Waals surface area (Å²) < 4.78 is 5.21. The summed E-state index contributed by atoms with van der Waals surface area (Å²) >= 11 is 0. The molecule has 0 saturated carbocycles. The Hall–Kier alpha value is -1.81. The number of rotatable bonds is 6. The Balaban J connectivity index is 2.86. The SMILES string of the molecule is COc1ccccc1N/C=C(\CN)C(=O)C(C)C. The van der Waals surface area contributed by atoms with Crippen LogP contribution in [-0.4, -0.2) is 19.4 Å². The fourth-order valence-electron chi connectivity index (χ4n) is 1.53. The molecule has 1 aromatic rings. The van der Waals surface area contributed by atoms with E-state index in [0.717, 1.165) is 11.4 Å². The zero-order chi connectivity index (χ0) is 13.5. The van der Waals surface area contributed by atoms with E-state index in [1.807, 2.05) is 38.1 Å². The van der Waals surface area contributed by atoms with Crippen molar-refractivity contribution < 1.29 is 9.53 Å². The minimum atomic E-state index is -0.0562. The summed E-state index contributed by atoms with van der Waals surface area (Å²) in [7, 11) is 1.60. The van der Waals surface area contributed by atoms with Gasteiger partial charge in [0.1, 0.15) is 5.75 Å². The lowest BCUT2D eigenvalue weighted by Crippen LogP contribution is -2.18. The first kappa shape index (κ1) is 14.3. The monoisotopic (exact) mass is 248 g/mol. The largest absolute Gasteiger partial charge is 0.495 e. The Labute approximate surface area is 108 Å². The molecule has 18 heavy (non-hydrogen) atoms. The minimum absolute atomic E-state index is 0.0555. The zero-order valence-corrected chi connectivity index (χ0v) is 11.1. The summed E-state index contributed by atoms with van der Waals surface area (Å²) in [6.45, 7) is 3.93. The van der Waals surface area contributed by atoms with Crippen molar-refractivity contribution in [1.29, 1.82) is 0 Å². The second-order valence-corrected chi connectivity index (χ2v) is 4.24. The van der Waals surface area contributed by atoms with Crippen molar-refractivity contribution >= 4 is 11.5 Å². The summed E-state index contributed by atoms with van der Waals surface area (Å²) in [5.41, 5.74) is 6.97. The van der Waals surface area contributed by atoms with Gasteiger partial charge < -0.3 is 15.8 Å². The zero-order valence-electron chi connectivity index (χ0n) is 11.1. The third kappa shape index (κ3) is 3.60. The van der Waals surface area contributed by atoms with Gasteiger partial charge in [0.15, 0.2) is 5.78 Å². The molecule has 0 amide bonds. The van der Waals surface area contributed by atoms with E-state index < -0.39 is 0 Å². The number of nitrogens with one attached hydrogen (secondary N) is 1. The summed E-state index contributed by atoms with van der Waals surface area (Å²) in [6, 6.07) is 7.51. The Kier molecular flexibility index (Phi) is 5.39. The Morgan fingerprint density at radius 3 is 2.67 bits per heavy atom. The molecule has 0 atom stereocenters. The van der Waals surface area contributed by atoms with Crippen molar-refractivity contribution in [3.8, 4) is 5.75 Å². The van der Waals surface area contributed by atoms with Crippen molar-refractivity contribution in [2.45, 2.75) is 13.8 Å². The van der Waals surface area contributed by atoms with E-state index in [9.17, 15) is 4.79 Å². The third-order valence-corrected chi connectivity index (χ3v) is 2.57. The molecule has 0 bridgehead atoms. The van der Waals surface area contributed by atoms with Gasteiger partial charge in [0.2, 0.25) is 0 Å². The molecule has 3 N–H and O–H groups in total. The minimum Gasteiger partial charge on any atom is -0.495 e. The van der Waals surface area contributed by atoms with Gasteiger partial charge in [-0.2, -0.15) is 0 Å². The van der Waals surface area contributed by atoms with Crippen LogP contribution in [0.2, 0.25) is 0 Å². The maximum atomic E-state index is 11.8. The summed E-state index contributed by atoms with van der Waals surface area (Å²) in [6.07, 6.45) is 1.65. The molecule has 4 nitrogen and oxygen atoms in total. The Bertz CT molecular complexity index is 439. The number of hydrogen-bond acceptors (Lipinski definition) is 4. The topological polar surface area (TPSA) is 64.3 Å². The van der Waals surface area contributed by atoms with Crippen molar-refractivity contribution in [2.24, 2.45) is 11.7 Å². The highest BCUT2D eigenvalue weighted by Gasteiger charge is 2.12. The number of para-hydroxylation sites is 2. The number of Topliss-reactive ketones (excluding diaryl/α,β-unsaturated/α-hetero) is 1. The molecule has 0 heterocycles. The molecule has 0 aromatic heterocycles. The summed E-state index contributed by atoms with van der Waals surface area (Å²) in [5, 5.41) is 3.06. The molecule has 0 aliphatic rings. The molecule has 0 aliphatic heterocycles. The fraction of sp³-hybridized carbons (Fsp3) is 0.357. The number of carbonyl (C=O) groups is 1. The number of ketones is 1. The van der Waals surface area contributed by atoms with Gasteiger partial charge >= 0.3 is 0 Å². The van der Waals surface area contributed by atoms with Gasteiger partial charge in [-0.3, -0.25) is 4.79 Å². The number of benzene rings is 1. The standard InChI is InChI=1S/C14H20N2O2/c1-10(2)14(17)11(8-15)9-16-12-6-4-5-7-13(12)18-3/h4-7,9-10,16H,8,15H2,1-3H3/b11-9+. The van der Waals surface area contributed by atoms with E-state index in [4.69, 9.17) is 10.5 Å². The van der Waals surface area contributed by atoms with E-state index in [0.29, 0.717) is 5.57 Å². The average Bonchev–Trinajstić information content (AvgIpc) is 2.39. The molecule has 0 saturated heterocycles. The van der Waals surface area contributed by atoms with E-state index >= 15 is 0 Å². The third-order valence-electron chi connectivity index (χ3n) is 2.57. The molecule has 0 unspecified atom stereocenters. The van der Waals surface area contributed by atoms with Gasteiger partial charge in [-0.1, -0.05) is 26.0 Å².